The van der Waals surface area contributed by atoms with E-state index in [1.807, 2.05) is 37.3 Å². The van der Waals surface area contributed by atoms with Gasteiger partial charge in [0, 0.05) is 22.7 Å². The number of rotatable bonds is 6. The number of aryl methyl sites for hydroxylation is 1. The molecular formula is C26H30ClN3O4S. The molecule has 4 rings (SSSR count). The van der Waals surface area contributed by atoms with Crippen LogP contribution >= 0.6 is 23.8 Å². The van der Waals surface area contributed by atoms with Crippen LogP contribution < -0.4 is 20.2 Å². The summed E-state index contributed by atoms with van der Waals surface area (Å²) in [4.78, 5) is 11.7. The van der Waals surface area contributed by atoms with Crippen molar-refractivity contribution in [3.05, 3.63) is 52.5 Å². The molecule has 0 amide bonds. The molecule has 7 nitrogen and oxygen atoms in total. The molecule has 2 N–H and O–H groups in total. The van der Waals surface area contributed by atoms with Crippen molar-refractivity contribution in [1.29, 1.82) is 0 Å². The van der Waals surface area contributed by atoms with Gasteiger partial charge in [-0.15, -0.1) is 0 Å². The van der Waals surface area contributed by atoms with Crippen LogP contribution in [0.2, 0.25) is 5.02 Å². The quantitative estimate of drug-likeness (QED) is 0.287. The molecule has 0 radical (unpaired) electrons. The number of hydrazone groups is 1. The number of benzene rings is 2. The Bertz CT molecular complexity index is 1130. The van der Waals surface area contributed by atoms with Gasteiger partial charge in [0.1, 0.15) is 17.1 Å². The first-order valence-corrected chi connectivity index (χ1v) is 12.7. The van der Waals surface area contributed by atoms with Gasteiger partial charge in [0.2, 0.25) is 0 Å². The molecule has 0 saturated heterocycles. The number of hydrogen-bond acceptors (Lipinski definition) is 6. The van der Waals surface area contributed by atoms with Gasteiger partial charge in [0.15, 0.2) is 11.7 Å². The van der Waals surface area contributed by atoms with Crippen LogP contribution in [0, 0.1) is 6.92 Å². The van der Waals surface area contributed by atoms with Crippen molar-refractivity contribution >= 4 is 46.3 Å². The molecule has 0 aromatic heterocycles. The number of nitrogens with one attached hydrogen (secondary N) is 2. The Kier molecular flexibility index (Phi) is 8.13. The van der Waals surface area contributed by atoms with Crippen molar-refractivity contribution in [2.75, 3.05) is 18.5 Å². The number of fused-ring (bicyclic) bond motifs is 1. The lowest BCUT2D eigenvalue weighted by molar-refractivity contribution is -0.145. The molecule has 186 valence electrons. The highest BCUT2D eigenvalue weighted by Gasteiger charge is 2.40. The van der Waals surface area contributed by atoms with E-state index < -0.39 is 5.97 Å². The Morgan fingerprint density at radius 3 is 2.74 bits per heavy atom. The molecule has 1 aliphatic heterocycles. The fraction of sp³-hybridized carbons (Fsp3) is 0.423. The number of esters is 1. The number of thiocarbonyl (C=S) groups is 1. The van der Waals surface area contributed by atoms with E-state index in [9.17, 15) is 4.79 Å². The summed E-state index contributed by atoms with van der Waals surface area (Å²) in [7, 11) is 0. The van der Waals surface area contributed by atoms with E-state index in [-0.39, 0.29) is 12.2 Å². The number of ether oxygens (including phenoxy) is 3. The largest absolute Gasteiger partial charge is 0.486 e. The first-order valence-electron chi connectivity index (χ1n) is 11.9. The topological polar surface area (TPSA) is 81.2 Å². The van der Waals surface area contributed by atoms with E-state index in [4.69, 9.17) is 38.0 Å². The summed E-state index contributed by atoms with van der Waals surface area (Å²) in [5, 5.41) is 8.82. The van der Waals surface area contributed by atoms with Crippen molar-refractivity contribution < 1.29 is 19.0 Å². The fourth-order valence-corrected chi connectivity index (χ4v) is 4.79. The lowest BCUT2D eigenvalue weighted by Gasteiger charge is -2.41. The molecule has 0 bridgehead atoms. The molecule has 0 atom stereocenters. The standard InChI is InChI=1S/C26H30ClN3O4S/c1-3-32-24(31)16-33-19-9-10-23-20(14-19)22(15-26(34-23)11-5-4-6-12-26)29-30-25(35)28-18-8-7-17(2)21(27)13-18/h7-10,13-14H,3-6,11-12,15-16H2,1-2H3,(H2,28,30,35)/b29-22+. The minimum atomic E-state index is -0.411. The molecule has 9 heteroatoms. The van der Waals surface area contributed by atoms with E-state index >= 15 is 0 Å². The smallest absolute Gasteiger partial charge is 0.344 e. The molecule has 35 heavy (non-hydrogen) atoms. The minimum absolute atomic E-state index is 0.157. The molecule has 1 heterocycles. The van der Waals surface area contributed by atoms with Crippen molar-refractivity contribution in [3.63, 3.8) is 0 Å². The molecule has 2 aromatic carbocycles. The van der Waals surface area contributed by atoms with Crippen LogP contribution in [0.5, 0.6) is 11.5 Å². The van der Waals surface area contributed by atoms with Gasteiger partial charge in [0.25, 0.3) is 0 Å². The normalized spacial score (nSPS) is 17.3. The number of carbonyl (C=O) groups is 1. The highest BCUT2D eigenvalue weighted by Crippen LogP contribution is 2.43. The molecule has 1 fully saturated rings. The van der Waals surface area contributed by atoms with E-state index in [2.05, 4.69) is 15.8 Å². The Balaban J connectivity index is 1.54. The first-order chi connectivity index (χ1) is 16.9. The summed E-state index contributed by atoms with van der Waals surface area (Å²) in [6.45, 7) is 3.86. The highest BCUT2D eigenvalue weighted by molar-refractivity contribution is 7.80. The monoisotopic (exact) mass is 515 g/mol. The SMILES string of the molecule is CCOC(=O)COc1ccc2c(c1)/C(=N/NC(=S)Nc1ccc(C)c(Cl)c1)CC1(CCCCC1)O2. The fourth-order valence-electron chi connectivity index (χ4n) is 4.45. The number of anilines is 1. The molecule has 1 aliphatic carbocycles. The van der Waals surface area contributed by atoms with Crippen molar-refractivity contribution in [3.8, 4) is 11.5 Å². The van der Waals surface area contributed by atoms with Crippen LogP contribution in [-0.2, 0) is 9.53 Å². The third-order valence-electron chi connectivity index (χ3n) is 6.23. The third-order valence-corrected chi connectivity index (χ3v) is 6.83. The Morgan fingerprint density at radius 2 is 2.00 bits per heavy atom. The Labute approximate surface area is 216 Å². The summed E-state index contributed by atoms with van der Waals surface area (Å²) in [6, 6.07) is 11.2. The van der Waals surface area contributed by atoms with Gasteiger partial charge in [-0.3, -0.25) is 5.43 Å². The molecule has 2 aliphatic rings. The number of halogens is 1. The average Bonchev–Trinajstić information content (AvgIpc) is 2.84. The second kappa shape index (κ2) is 11.3. The summed E-state index contributed by atoms with van der Waals surface area (Å²) in [6.07, 6.45) is 6.11. The summed E-state index contributed by atoms with van der Waals surface area (Å²) >= 11 is 11.7. The molecule has 1 saturated carbocycles. The lowest BCUT2D eigenvalue weighted by Crippen LogP contribution is -2.44. The van der Waals surface area contributed by atoms with Crippen molar-refractivity contribution in [2.24, 2.45) is 5.10 Å². The number of nitrogens with zero attached hydrogens (tertiary/aromatic N) is 1. The summed E-state index contributed by atoms with van der Waals surface area (Å²) in [5.74, 6) is 0.889. The zero-order valence-corrected chi connectivity index (χ0v) is 21.6. The Morgan fingerprint density at radius 1 is 1.20 bits per heavy atom. The van der Waals surface area contributed by atoms with Crippen LogP contribution in [0.25, 0.3) is 0 Å². The first kappa shape index (κ1) is 25.3. The third kappa shape index (κ3) is 6.44. The molecule has 1 spiro atoms. The van der Waals surface area contributed by atoms with Crippen LogP contribution in [0.3, 0.4) is 0 Å². The van der Waals surface area contributed by atoms with E-state index in [0.29, 0.717) is 28.9 Å². The lowest BCUT2D eigenvalue weighted by atomic mass is 9.78. The van der Waals surface area contributed by atoms with Crippen LogP contribution in [0.4, 0.5) is 5.69 Å². The van der Waals surface area contributed by atoms with Gasteiger partial charge in [0.05, 0.1) is 12.3 Å². The van der Waals surface area contributed by atoms with Gasteiger partial charge in [-0.05, 0) is 87.6 Å². The van der Waals surface area contributed by atoms with E-state index in [1.54, 1.807) is 13.0 Å². The van der Waals surface area contributed by atoms with Gasteiger partial charge in [-0.1, -0.05) is 24.1 Å². The molecule has 2 aromatic rings. The van der Waals surface area contributed by atoms with Crippen molar-refractivity contribution in [2.45, 2.75) is 58.0 Å². The maximum atomic E-state index is 11.7. The van der Waals surface area contributed by atoms with E-state index in [0.717, 1.165) is 54.0 Å². The van der Waals surface area contributed by atoms with Gasteiger partial charge >= 0.3 is 5.97 Å². The van der Waals surface area contributed by atoms with Crippen molar-refractivity contribution in [1.82, 2.24) is 5.43 Å². The second-order valence-corrected chi connectivity index (χ2v) is 9.68. The maximum absolute atomic E-state index is 11.7. The zero-order valence-electron chi connectivity index (χ0n) is 20.0. The van der Waals surface area contributed by atoms with Gasteiger partial charge < -0.3 is 19.5 Å². The minimum Gasteiger partial charge on any atom is -0.486 e. The van der Waals surface area contributed by atoms with Crippen LogP contribution in [0.15, 0.2) is 41.5 Å². The predicted octanol–water partition coefficient (Wildman–Crippen LogP) is 5.77. The Hall–Kier alpha value is -2.84. The average molecular weight is 516 g/mol. The van der Waals surface area contributed by atoms with E-state index in [1.165, 1.54) is 6.42 Å². The zero-order chi connectivity index (χ0) is 24.8. The predicted molar refractivity (Wildman–Crippen MR) is 142 cm³/mol. The second-order valence-electron chi connectivity index (χ2n) is 8.86. The van der Waals surface area contributed by atoms with Crippen LogP contribution in [-0.4, -0.2) is 35.6 Å². The maximum Gasteiger partial charge on any atom is 0.344 e. The summed E-state index contributed by atoms with van der Waals surface area (Å²) in [5.41, 5.74) is 6.14. The highest BCUT2D eigenvalue weighted by atomic mass is 35.5. The number of hydrogen-bond donors (Lipinski definition) is 2. The van der Waals surface area contributed by atoms with Gasteiger partial charge in [-0.2, -0.15) is 5.10 Å². The number of carbonyl (C=O) groups excluding carboxylic acids is 1. The summed E-state index contributed by atoms with van der Waals surface area (Å²) < 4.78 is 17.1. The molecule has 0 unspecified atom stereocenters. The van der Waals surface area contributed by atoms with Crippen LogP contribution in [0.1, 0.15) is 56.6 Å². The van der Waals surface area contributed by atoms with Gasteiger partial charge in [-0.25, -0.2) is 4.79 Å². The molecular weight excluding hydrogens is 486 g/mol.